The number of hydrogen-bond acceptors (Lipinski definition) is 6. The lowest BCUT2D eigenvalue weighted by Gasteiger charge is -2.06. The van der Waals surface area contributed by atoms with Gasteiger partial charge in [-0.1, -0.05) is 17.0 Å². The van der Waals surface area contributed by atoms with Gasteiger partial charge in [0, 0.05) is 18.2 Å². The molecule has 0 saturated carbocycles. The monoisotopic (exact) mass is 329 g/mol. The number of carbonyl (C=O) groups excluding carboxylic acids is 1. The second kappa shape index (κ2) is 7.73. The maximum absolute atomic E-state index is 12.1. The molecule has 0 spiro atoms. The minimum Gasteiger partial charge on any atom is -0.378 e. The number of amides is 1. The topological polar surface area (TPSA) is 97.5 Å². The molecule has 0 aliphatic rings. The van der Waals surface area contributed by atoms with Gasteiger partial charge >= 0.3 is 0 Å². The van der Waals surface area contributed by atoms with Crippen molar-refractivity contribution in [1.29, 1.82) is 0 Å². The summed E-state index contributed by atoms with van der Waals surface area (Å²) in [5.74, 6) is 6.03. The smallest absolute Gasteiger partial charge is 0.251 e. The fourth-order valence-electron chi connectivity index (χ4n) is 1.74. The van der Waals surface area contributed by atoms with Gasteiger partial charge in [0.1, 0.15) is 12.2 Å². The Kier molecular flexibility index (Phi) is 5.68. The van der Waals surface area contributed by atoms with Crippen molar-refractivity contribution in [3.05, 3.63) is 47.1 Å². The van der Waals surface area contributed by atoms with Crippen molar-refractivity contribution < 1.29 is 19.2 Å². The van der Waals surface area contributed by atoms with Crippen LogP contribution in [-0.2, 0) is 17.9 Å². The Hall–Kier alpha value is -2.69. The van der Waals surface area contributed by atoms with Gasteiger partial charge in [-0.2, -0.15) is 4.98 Å². The molecule has 0 bridgehead atoms. The van der Waals surface area contributed by atoms with E-state index in [1.54, 1.807) is 38.1 Å². The maximum atomic E-state index is 12.1. The third-order valence-electron chi connectivity index (χ3n) is 2.84. The number of carbonyl (C=O) groups is 1. The zero-order valence-corrected chi connectivity index (χ0v) is 13.8. The normalized spacial score (nSPS) is 10.8. The molecule has 1 amide bonds. The van der Waals surface area contributed by atoms with E-state index in [0.717, 1.165) is 5.56 Å². The number of nitrogens with one attached hydrogen (secondary N) is 1. The molecule has 1 aromatic carbocycles. The summed E-state index contributed by atoms with van der Waals surface area (Å²) in [7, 11) is 1.54. The van der Waals surface area contributed by atoms with E-state index in [1.807, 2.05) is 0 Å². The third-order valence-corrected chi connectivity index (χ3v) is 2.84. The van der Waals surface area contributed by atoms with Crippen LogP contribution in [0.5, 0.6) is 0 Å². The van der Waals surface area contributed by atoms with Crippen LogP contribution in [0.4, 0.5) is 0 Å². The lowest BCUT2D eigenvalue weighted by molar-refractivity contribution is 0.0946. The molecule has 0 fully saturated rings. The number of hydrogen-bond donors (Lipinski definition) is 2. The average Bonchev–Trinajstić information content (AvgIpc) is 2.98. The molecule has 7 heteroatoms. The number of benzene rings is 1. The first kappa shape index (κ1) is 17.7. The van der Waals surface area contributed by atoms with Crippen molar-refractivity contribution in [3.63, 3.8) is 0 Å². The highest BCUT2D eigenvalue weighted by Crippen LogP contribution is 2.06. The predicted octanol–water partition coefficient (Wildman–Crippen LogP) is 1.27. The van der Waals surface area contributed by atoms with Gasteiger partial charge in [-0.05, 0) is 38.1 Å². The van der Waals surface area contributed by atoms with Crippen LogP contribution in [0.1, 0.15) is 41.5 Å². The molecular formula is C17H19N3O4. The molecule has 126 valence electrons. The molecule has 1 heterocycles. The van der Waals surface area contributed by atoms with Crippen molar-refractivity contribution in [2.45, 2.75) is 32.6 Å². The predicted molar refractivity (Wildman–Crippen MR) is 85.8 cm³/mol. The summed E-state index contributed by atoms with van der Waals surface area (Å²) in [6.45, 7) is 3.61. The van der Waals surface area contributed by atoms with E-state index >= 15 is 0 Å². The zero-order valence-electron chi connectivity index (χ0n) is 13.8. The molecule has 0 aliphatic heterocycles. The summed E-state index contributed by atoms with van der Waals surface area (Å²) in [4.78, 5) is 16.1. The Labute approximate surface area is 140 Å². The van der Waals surface area contributed by atoms with Gasteiger partial charge in [0.15, 0.2) is 5.82 Å². The lowest BCUT2D eigenvalue weighted by Crippen LogP contribution is -2.22. The van der Waals surface area contributed by atoms with Gasteiger partial charge in [-0.15, -0.1) is 0 Å². The van der Waals surface area contributed by atoms with Crippen LogP contribution in [-0.4, -0.2) is 33.9 Å². The van der Waals surface area contributed by atoms with Crippen molar-refractivity contribution in [2.75, 3.05) is 7.11 Å². The van der Waals surface area contributed by atoms with E-state index in [1.165, 1.54) is 7.11 Å². The van der Waals surface area contributed by atoms with Gasteiger partial charge in [-0.3, -0.25) is 4.79 Å². The van der Waals surface area contributed by atoms with Gasteiger partial charge < -0.3 is 19.7 Å². The molecule has 0 atom stereocenters. The molecule has 7 nitrogen and oxygen atoms in total. The SMILES string of the molecule is COCc1noc(CNC(=O)c2ccc(C#CC(C)(C)O)cc2)n1. The van der Waals surface area contributed by atoms with Gasteiger partial charge in [-0.25, -0.2) is 0 Å². The van der Waals surface area contributed by atoms with E-state index in [-0.39, 0.29) is 19.1 Å². The van der Waals surface area contributed by atoms with E-state index < -0.39 is 5.60 Å². The number of aromatic nitrogens is 2. The first-order valence-corrected chi connectivity index (χ1v) is 7.31. The fourth-order valence-corrected chi connectivity index (χ4v) is 1.74. The molecular weight excluding hydrogens is 310 g/mol. The second-order valence-electron chi connectivity index (χ2n) is 5.61. The summed E-state index contributed by atoms with van der Waals surface area (Å²) in [6, 6.07) is 6.76. The van der Waals surface area contributed by atoms with E-state index in [0.29, 0.717) is 17.3 Å². The van der Waals surface area contributed by atoms with Crippen molar-refractivity contribution in [1.82, 2.24) is 15.5 Å². The first-order valence-electron chi connectivity index (χ1n) is 7.31. The number of ether oxygens (including phenoxy) is 1. The van der Waals surface area contributed by atoms with Crippen LogP contribution in [0.25, 0.3) is 0 Å². The number of nitrogens with zero attached hydrogens (tertiary/aromatic N) is 2. The zero-order chi connectivity index (χ0) is 17.6. The standard InChI is InChI=1S/C17H19N3O4/c1-17(2,22)9-8-12-4-6-13(7-5-12)16(21)18-10-15-19-14(11-23-3)20-24-15/h4-7,22H,10-11H2,1-3H3,(H,18,21). The molecule has 0 unspecified atom stereocenters. The summed E-state index contributed by atoms with van der Waals surface area (Å²) in [5.41, 5.74) is 0.150. The largest absolute Gasteiger partial charge is 0.378 e. The Morgan fingerprint density at radius 3 is 2.71 bits per heavy atom. The second-order valence-corrected chi connectivity index (χ2v) is 5.61. The Morgan fingerprint density at radius 1 is 1.38 bits per heavy atom. The van der Waals surface area contributed by atoms with E-state index in [4.69, 9.17) is 9.26 Å². The highest BCUT2D eigenvalue weighted by atomic mass is 16.5. The first-order chi connectivity index (χ1) is 11.4. The van der Waals surface area contributed by atoms with E-state index in [9.17, 15) is 9.90 Å². The summed E-state index contributed by atoms with van der Waals surface area (Å²) < 4.78 is 9.88. The number of methoxy groups -OCH3 is 1. The highest BCUT2D eigenvalue weighted by Gasteiger charge is 2.10. The molecule has 0 aliphatic carbocycles. The van der Waals surface area contributed by atoms with Gasteiger partial charge in [0.25, 0.3) is 5.91 Å². The minimum atomic E-state index is -1.05. The van der Waals surface area contributed by atoms with Crippen LogP contribution in [0, 0.1) is 11.8 Å². The summed E-state index contributed by atoms with van der Waals surface area (Å²) >= 11 is 0. The van der Waals surface area contributed by atoms with Crippen LogP contribution in [0.3, 0.4) is 0 Å². The minimum absolute atomic E-state index is 0.135. The van der Waals surface area contributed by atoms with Crippen LogP contribution < -0.4 is 5.32 Å². The van der Waals surface area contributed by atoms with Crippen molar-refractivity contribution >= 4 is 5.91 Å². The van der Waals surface area contributed by atoms with Crippen molar-refractivity contribution in [3.8, 4) is 11.8 Å². The van der Waals surface area contributed by atoms with Crippen LogP contribution in [0.15, 0.2) is 28.8 Å². The van der Waals surface area contributed by atoms with Gasteiger partial charge in [0.05, 0.1) is 6.54 Å². The van der Waals surface area contributed by atoms with Crippen LogP contribution in [0.2, 0.25) is 0 Å². The van der Waals surface area contributed by atoms with E-state index in [2.05, 4.69) is 27.3 Å². The molecule has 2 aromatic rings. The summed E-state index contributed by atoms with van der Waals surface area (Å²) in [5, 5.41) is 16.0. The number of rotatable bonds is 5. The molecule has 0 radical (unpaired) electrons. The molecule has 2 rings (SSSR count). The average molecular weight is 329 g/mol. The highest BCUT2D eigenvalue weighted by molar-refractivity contribution is 5.94. The van der Waals surface area contributed by atoms with Crippen LogP contribution >= 0.6 is 0 Å². The third kappa shape index (κ3) is 5.50. The lowest BCUT2D eigenvalue weighted by atomic mass is 10.1. The van der Waals surface area contributed by atoms with Crippen molar-refractivity contribution in [2.24, 2.45) is 0 Å². The Bertz CT molecular complexity index is 749. The fraction of sp³-hybridized carbons (Fsp3) is 0.353. The molecule has 2 N–H and O–H groups in total. The summed E-state index contributed by atoms with van der Waals surface area (Å²) in [6.07, 6.45) is 0. The molecule has 1 aromatic heterocycles. The molecule has 24 heavy (non-hydrogen) atoms. The number of aliphatic hydroxyl groups is 1. The Balaban J connectivity index is 1.93. The maximum Gasteiger partial charge on any atom is 0.251 e. The Morgan fingerprint density at radius 2 is 2.08 bits per heavy atom. The van der Waals surface area contributed by atoms with Gasteiger partial charge in [0.2, 0.25) is 5.89 Å². The molecule has 0 saturated heterocycles. The quantitative estimate of drug-likeness (QED) is 0.802.